The molecule has 5 nitrogen and oxygen atoms in total. The van der Waals surface area contributed by atoms with Crippen LogP contribution in [0.5, 0.6) is 5.75 Å². The molecule has 0 aromatic heterocycles. The molecular formula is C13H17NO4. The van der Waals surface area contributed by atoms with Crippen molar-refractivity contribution in [1.82, 2.24) is 0 Å². The second-order valence-corrected chi connectivity index (χ2v) is 4.76. The smallest absolute Gasteiger partial charge is 0.344 e. The highest BCUT2D eigenvalue weighted by Gasteiger charge is 2.16. The largest absolute Gasteiger partial charge is 0.482 e. The molecule has 0 aliphatic heterocycles. The first-order chi connectivity index (χ1) is 8.28. The molecule has 0 heterocycles. The van der Waals surface area contributed by atoms with Crippen LogP contribution in [0, 0.1) is 0 Å². The van der Waals surface area contributed by atoms with E-state index in [4.69, 9.17) is 15.2 Å². The highest BCUT2D eigenvalue weighted by molar-refractivity contribution is 5.92. The highest BCUT2D eigenvalue weighted by atomic mass is 16.6. The Hall–Kier alpha value is -2.04. The fraction of sp³-hybridized carbons (Fsp3) is 0.385. The van der Waals surface area contributed by atoms with Gasteiger partial charge in [-0.2, -0.15) is 0 Å². The minimum atomic E-state index is -0.531. The van der Waals surface area contributed by atoms with Gasteiger partial charge < -0.3 is 15.2 Å². The predicted molar refractivity (Wildman–Crippen MR) is 66.3 cm³/mol. The van der Waals surface area contributed by atoms with Gasteiger partial charge in [-0.25, -0.2) is 4.79 Å². The average Bonchev–Trinajstić information content (AvgIpc) is 2.24. The number of rotatable bonds is 4. The summed E-state index contributed by atoms with van der Waals surface area (Å²) in [6.45, 7) is 5.18. The van der Waals surface area contributed by atoms with Crippen LogP contribution in [-0.2, 0) is 9.53 Å². The molecule has 1 rings (SSSR count). The summed E-state index contributed by atoms with van der Waals surface area (Å²) in [5.41, 5.74) is 4.96. The fourth-order valence-electron chi connectivity index (χ4n) is 1.23. The van der Waals surface area contributed by atoms with Gasteiger partial charge in [0.05, 0.1) is 0 Å². The summed E-state index contributed by atoms with van der Waals surface area (Å²) in [6.07, 6.45) is 0. The summed E-state index contributed by atoms with van der Waals surface area (Å²) < 4.78 is 10.3. The molecule has 1 amide bonds. The first kappa shape index (κ1) is 14.0. The SMILES string of the molecule is CC(C)(C)OC(=O)COc1ccc(C(N)=O)cc1. The van der Waals surface area contributed by atoms with Crippen molar-refractivity contribution in [3.05, 3.63) is 29.8 Å². The van der Waals surface area contributed by atoms with E-state index in [-0.39, 0.29) is 6.61 Å². The first-order valence-electron chi connectivity index (χ1n) is 5.52. The maximum atomic E-state index is 11.4. The number of benzene rings is 1. The van der Waals surface area contributed by atoms with Crippen molar-refractivity contribution in [1.29, 1.82) is 0 Å². The van der Waals surface area contributed by atoms with E-state index in [1.165, 1.54) is 12.1 Å². The van der Waals surface area contributed by atoms with Crippen LogP contribution in [0.1, 0.15) is 31.1 Å². The zero-order valence-corrected chi connectivity index (χ0v) is 10.7. The molecule has 5 heteroatoms. The molecule has 0 bridgehead atoms. The van der Waals surface area contributed by atoms with Crippen molar-refractivity contribution >= 4 is 11.9 Å². The Morgan fingerprint density at radius 3 is 2.17 bits per heavy atom. The zero-order valence-electron chi connectivity index (χ0n) is 10.7. The second kappa shape index (κ2) is 5.53. The van der Waals surface area contributed by atoms with Gasteiger partial charge in [0.25, 0.3) is 0 Å². The third-order valence-corrected chi connectivity index (χ3v) is 1.92. The van der Waals surface area contributed by atoms with Gasteiger partial charge in [-0.1, -0.05) is 0 Å². The van der Waals surface area contributed by atoms with Gasteiger partial charge >= 0.3 is 5.97 Å². The van der Waals surface area contributed by atoms with E-state index in [1.54, 1.807) is 32.9 Å². The Balaban J connectivity index is 2.49. The average molecular weight is 251 g/mol. The van der Waals surface area contributed by atoms with Gasteiger partial charge in [0.15, 0.2) is 6.61 Å². The molecule has 0 radical (unpaired) electrons. The summed E-state index contributed by atoms with van der Waals surface area (Å²) >= 11 is 0. The standard InChI is InChI=1S/C13H17NO4/c1-13(2,3)18-11(15)8-17-10-6-4-9(5-7-10)12(14)16/h4-7H,8H2,1-3H3,(H2,14,16). The molecule has 98 valence electrons. The Bertz CT molecular complexity index is 431. The summed E-state index contributed by atoms with van der Waals surface area (Å²) in [4.78, 5) is 22.2. The van der Waals surface area contributed by atoms with Crippen LogP contribution < -0.4 is 10.5 Å². The summed E-state index contributed by atoms with van der Waals surface area (Å²) in [5.74, 6) is -0.471. The van der Waals surface area contributed by atoms with Gasteiger partial charge in [0, 0.05) is 5.56 Å². The van der Waals surface area contributed by atoms with Crippen molar-refractivity contribution in [2.75, 3.05) is 6.61 Å². The quantitative estimate of drug-likeness (QED) is 0.822. The predicted octanol–water partition coefficient (Wildman–Crippen LogP) is 1.51. The molecule has 0 saturated heterocycles. The minimum absolute atomic E-state index is 0.173. The Labute approximate surface area is 106 Å². The lowest BCUT2D eigenvalue weighted by atomic mass is 10.2. The molecule has 0 fully saturated rings. The van der Waals surface area contributed by atoms with Gasteiger partial charge in [-0.3, -0.25) is 4.79 Å². The van der Waals surface area contributed by atoms with Crippen molar-refractivity contribution < 1.29 is 19.1 Å². The van der Waals surface area contributed by atoms with Crippen molar-refractivity contribution in [3.8, 4) is 5.75 Å². The van der Waals surface area contributed by atoms with E-state index in [1.807, 2.05) is 0 Å². The molecule has 18 heavy (non-hydrogen) atoms. The lowest BCUT2D eigenvalue weighted by molar-refractivity contribution is -0.157. The third kappa shape index (κ3) is 4.86. The van der Waals surface area contributed by atoms with Crippen molar-refractivity contribution in [3.63, 3.8) is 0 Å². The number of primary amides is 1. The minimum Gasteiger partial charge on any atom is -0.482 e. The molecular weight excluding hydrogens is 234 g/mol. The Morgan fingerprint density at radius 2 is 1.72 bits per heavy atom. The number of hydrogen-bond donors (Lipinski definition) is 1. The molecule has 0 unspecified atom stereocenters. The number of esters is 1. The molecule has 0 aliphatic carbocycles. The lowest BCUT2D eigenvalue weighted by Crippen LogP contribution is -2.27. The van der Waals surface area contributed by atoms with Crippen LogP contribution >= 0.6 is 0 Å². The third-order valence-electron chi connectivity index (χ3n) is 1.92. The molecule has 2 N–H and O–H groups in total. The van der Waals surface area contributed by atoms with Gasteiger partial charge in [-0.15, -0.1) is 0 Å². The van der Waals surface area contributed by atoms with E-state index in [0.29, 0.717) is 11.3 Å². The maximum absolute atomic E-state index is 11.4. The zero-order chi connectivity index (χ0) is 13.8. The molecule has 0 atom stereocenters. The topological polar surface area (TPSA) is 78.6 Å². The summed E-state index contributed by atoms with van der Waals surface area (Å²) in [6, 6.07) is 6.22. The fourth-order valence-corrected chi connectivity index (χ4v) is 1.23. The Morgan fingerprint density at radius 1 is 1.17 bits per heavy atom. The van der Waals surface area contributed by atoms with E-state index < -0.39 is 17.5 Å². The molecule has 1 aromatic carbocycles. The number of carbonyl (C=O) groups is 2. The van der Waals surface area contributed by atoms with Crippen molar-refractivity contribution in [2.24, 2.45) is 5.73 Å². The summed E-state index contributed by atoms with van der Waals surface area (Å²) in [7, 11) is 0. The molecule has 0 spiro atoms. The number of ether oxygens (including phenoxy) is 2. The molecule has 0 saturated carbocycles. The normalized spacial score (nSPS) is 10.8. The number of nitrogens with two attached hydrogens (primary N) is 1. The number of amides is 1. The van der Waals surface area contributed by atoms with Gasteiger partial charge in [-0.05, 0) is 45.0 Å². The monoisotopic (exact) mass is 251 g/mol. The van der Waals surface area contributed by atoms with E-state index in [9.17, 15) is 9.59 Å². The van der Waals surface area contributed by atoms with Crippen LogP contribution in [0.2, 0.25) is 0 Å². The first-order valence-corrected chi connectivity index (χ1v) is 5.52. The van der Waals surface area contributed by atoms with E-state index >= 15 is 0 Å². The van der Waals surface area contributed by atoms with Gasteiger partial charge in [0.1, 0.15) is 11.4 Å². The molecule has 0 aliphatic rings. The maximum Gasteiger partial charge on any atom is 0.344 e. The van der Waals surface area contributed by atoms with Gasteiger partial charge in [0.2, 0.25) is 5.91 Å². The second-order valence-electron chi connectivity index (χ2n) is 4.76. The van der Waals surface area contributed by atoms with Crippen LogP contribution in [0.25, 0.3) is 0 Å². The lowest BCUT2D eigenvalue weighted by Gasteiger charge is -2.19. The van der Waals surface area contributed by atoms with E-state index in [2.05, 4.69) is 0 Å². The van der Waals surface area contributed by atoms with Crippen LogP contribution in [-0.4, -0.2) is 24.1 Å². The van der Waals surface area contributed by atoms with E-state index in [0.717, 1.165) is 0 Å². The van der Waals surface area contributed by atoms with Crippen molar-refractivity contribution in [2.45, 2.75) is 26.4 Å². The molecule has 1 aromatic rings. The Kier molecular flexibility index (Phi) is 4.31. The highest BCUT2D eigenvalue weighted by Crippen LogP contribution is 2.13. The van der Waals surface area contributed by atoms with Crippen LogP contribution in [0.15, 0.2) is 24.3 Å². The number of carbonyl (C=O) groups excluding carboxylic acids is 2. The number of hydrogen-bond acceptors (Lipinski definition) is 4. The summed E-state index contributed by atoms with van der Waals surface area (Å²) in [5, 5.41) is 0. The van der Waals surface area contributed by atoms with Crippen LogP contribution in [0.4, 0.5) is 0 Å². The van der Waals surface area contributed by atoms with Crippen LogP contribution in [0.3, 0.4) is 0 Å².